The predicted octanol–water partition coefficient (Wildman–Crippen LogP) is 3.68. The number of halogens is 1. The Hall–Kier alpha value is -1.11. The van der Waals surface area contributed by atoms with Gasteiger partial charge in [-0.15, -0.1) is 11.3 Å². The van der Waals surface area contributed by atoms with Crippen molar-refractivity contribution in [2.24, 2.45) is 0 Å². The Morgan fingerprint density at radius 1 is 1.63 bits per heavy atom. The third-order valence-electron chi connectivity index (χ3n) is 2.68. The van der Waals surface area contributed by atoms with Gasteiger partial charge in [-0.25, -0.2) is 4.79 Å². The molecule has 0 saturated carbocycles. The normalized spacial score (nSPS) is 18.4. The molecule has 0 saturated heterocycles. The van der Waals surface area contributed by atoms with Crippen molar-refractivity contribution in [1.29, 1.82) is 0 Å². The lowest BCUT2D eigenvalue weighted by Gasteiger charge is -2.22. The molecule has 1 atom stereocenters. The van der Waals surface area contributed by atoms with Crippen LogP contribution in [0, 0.1) is 0 Å². The molecule has 2 rings (SSSR count). The van der Waals surface area contributed by atoms with Crippen molar-refractivity contribution < 1.29 is 14.7 Å². The summed E-state index contributed by atoms with van der Waals surface area (Å²) in [5.74, 6) is -0.317. The van der Waals surface area contributed by atoms with Crippen LogP contribution < -0.4 is 0 Å². The molecule has 0 aromatic carbocycles. The molecule has 1 aromatic rings. The molecule has 1 aliphatic heterocycles. The first-order valence-electron chi connectivity index (χ1n) is 5.87. The quantitative estimate of drug-likeness (QED) is 0.850. The van der Waals surface area contributed by atoms with Crippen LogP contribution in [0.3, 0.4) is 0 Å². The number of ether oxygens (including phenoxy) is 1. The first-order chi connectivity index (χ1) is 9.02. The van der Waals surface area contributed by atoms with Gasteiger partial charge in [0.05, 0.1) is 12.6 Å². The third kappa shape index (κ3) is 3.08. The van der Waals surface area contributed by atoms with Crippen molar-refractivity contribution >= 4 is 38.8 Å². The standard InChI is InChI=1S/C13H14BrNO3S/c1-3-18-13(16)12-10(14)7-11(19-12)9-4-5-15(17)8(2)6-9/h4-8,17H,3H2,1-2H3. The van der Waals surface area contributed by atoms with Gasteiger partial charge in [-0.3, -0.25) is 10.3 Å². The number of esters is 1. The maximum Gasteiger partial charge on any atom is 0.349 e. The summed E-state index contributed by atoms with van der Waals surface area (Å²) in [6.45, 7) is 4.03. The van der Waals surface area contributed by atoms with E-state index in [1.54, 1.807) is 13.1 Å². The zero-order valence-electron chi connectivity index (χ0n) is 10.6. The summed E-state index contributed by atoms with van der Waals surface area (Å²) in [4.78, 5) is 13.3. The molecule has 4 nitrogen and oxygen atoms in total. The number of hydroxylamine groups is 2. The van der Waals surface area contributed by atoms with Gasteiger partial charge < -0.3 is 4.74 Å². The fraction of sp³-hybridized carbons (Fsp3) is 0.308. The summed E-state index contributed by atoms with van der Waals surface area (Å²) >= 11 is 4.76. The van der Waals surface area contributed by atoms with Crippen molar-refractivity contribution in [2.75, 3.05) is 6.61 Å². The van der Waals surface area contributed by atoms with Crippen LogP contribution in [0.2, 0.25) is 0 Å². The number of thiophene rings is 1. The van der Waals surface area contributed by atoms with E-state index in [4.69, 9.17) is 4.74 Å². The Morgan fingerprint density at radius 2 is 2.37 bits per heavy atom. The number of carbonyl (C=O) groups excluding carboxylic acids is 1. The maximum atomic E-state index is 11.8. The predicted molar refractivity (Wildman–Crippen MR) is 78.2 cm³/mol. The Bertz CT molecular complexity index is 550. The first-order valence-corrected chi connectivity index (χ1v) is 7.48. The number of allylic oxidation sites excluding steroid dienone is 2. The SMILES string of the molecule is CCOC(=O)c1sc(C2=CC(C)N(O)C=C2)cc1Br. The van der Waals surface area contributed by atoms with Crippen molar-refractivity contribution in [3.8, 4) is 0 Å². The minimum absolute atomic E-state index is 0.0908. The molecule has 1 unspecified atom stereocenters. The second-order valence-electron chi connectivity index (χ2n) is 4.07. The third-order valence-corrected chi connectivity index (χ3v) is 4.73. The number of hydrogen-bond donors (Lipinski definition) is 1. The van der Waals surface area contributed by atoms with Crippen LogP contribution in [-0.4, -0.2) is 28.9 Å². The zero-order chi connectivity index (χ0) is 14.0. The summed E-state index contributed by atoms with van der Waals surface area (Å²) in [5, 5.41) is 10.6. The Morgan fingerprint density at radius 3 is 3.00 bits per heavy atom. The smallest absolute Gasteiger partial charge is 0.349 e. The molecule has 0 amide bonds. The molecular formula is C13H14BrNO3S. The van der Waals surface area contributed by atoms with Gasteiger partial charge in [0.15, 0.2) is 0 Å². The van der Waals surface area contributed by atoms with Crippen LogP contribution >= 0.6 is 27.3 Å². The van der Waals surface area contributed by atoms with Crippen molar-refractivity contribution in [2.45, 2.75) is 19.9 Å². The summed E-state index contributed by atoms with van der Waals surface area (Å²) in [6.07, 6.45) is 5.36. The monoisotopic (exact) mass is 343 g/mol. The van der Waals surface area contributed by atoms with Crippen LogP contribution in [0.15, 0.2) is 28.9 Å². The molecule has 19 heavy (non-hydrogen) atoms. The average molecular weight is 344 g/mol. The molecule has 0 bridgehead atoms. The number of nitrogens with zero attached hydrogens (tertiary/aromatic N) is 1. The molecule has 6 heteroatoms. The largest absolute Gasteiger partial charge is 0.462 e. The number of rotatable bonds is 3. The van der Waals surface area contributed by atoms with Gasteiger partial charge in [0.2, 0.25) is 0 Å². The van der Waals surface area contributed by atoms with Gasteiger partial charge >= 0.3 is 5.97 Å². The fourth-order valence-electron chi connectivity index (χ4n) is 1.70. The molecule has 2 heterocycles. The summed E-state index contributed by atoms with van der Waals surface area (Å²) in [7, 11) is 0. The highest BCUT2D eigenvalue weighted by Crippen LogP contribution is 2.34. The Labute approximate surface area is 124 Å². The van der Waals surface area contributed by atoms with Crippen molar-refractivity contribution in [3.05, 3.63) is 38.6 Å². The van der Waals surface area contributed by atoms with Crippen molar-refractivity contribution in [1.82, 2.24) is 5.06 Å². The minimum atomic E-state index is -0.317. The lowest BCUT2D eigenvalue weighted by atomic mass is 10.1. The topological polar surface area (TPSA) is 49.8 Å². The van der Waals surface area contributed by atoms with Gasteiger partial charge in [0, 0.05) is 15.5 Å². The van der Waals surface area contributed by atoms with Gasteiger partial charge in [-0.1, -0.05) is 6.08 Å². The molecule has 1 aliphatic rings. The molecule has 0 spiro atoms. The molecule has 102 valence electrons. The van der Waals surface area contributed by atoms with Crippen LogP contribution in [0.4, 0.5) is 0 Å². The fourth-order valence-corrected chi connectivity index (χ4v) is 3.43. The van der Waals surface area contributed by atoms with E-state index in [1.165, 1.54) is 11.3 Å². The molecular weight excluding hydrogens is 330 g/mol. The van der Waals surface area contributed by atoms with Gasteiger partial charge in [-0.2, -0.15) is 0 Å². The lowest BCUT2D eigenvalue weighted by molar-refractivity contribution is -0.0599. The van der Waals surface area contributed by atoms with E-state index in [9.17, 15) is 10.0 Å². The number of carbonyl (C=O) groups is 1. The van der Waals surface area contributed by atoms with Crippen LogP contribution in [0.25, 0.3) is 5.57 Å². The highest BCUT2D eigenvalue weighted by Gasteiger charge is 2.19. The van der Waals surface area contributed by atoms with Crippen molar-refractivity contribution in [3.63, 3.8) is 0 Å². The Kier molecular flexibility index (Phi) is 4.44. The van der Waals surface area contributed by atoms with E-state index in [0.717, 1.165) is 20.0 Å². The summed E-state index contributed by atoms with van der Waals surface area (Å²) in [6, 6.07) is 1.80. The van der Waals surface area contributed by atoms with E-state index < -0.39 is 0 Å². The first kappa shape index (κ1) is 14.3. The van der Waals surface area contributed by atoms with E-state index in [-0.39, 0.29) is 12.0 Å². The second kappa shape index (κ2) is 5.90. The van der Waals surface area contributed by atoms with E-state index >= 15 is 0 Å². The van der Waals surface area contributed by atoms with Crippen LogP contribution in [0.5, 0.6) is 0 Å². The van der Waals surface area contributed by atoms with Crippen LogP contribution in [-0.2, 0) is 4.74 Å². The van der Waals surface area contributed by atoms with E-state index in [0.29, 0.717) is 11.5 Å². The maximum absolute atomic E-state index is 11.8. The van der Waals surface area contributed by atoms with Gasteiger partial charge in [0.25, 0.3) is 0 Å². The molecule has 1 aromatic heterocycles. The van der Waals surface area contributed by atoms with Crippen LogP contribution in [0.1, 0.15) is 28.4 Å². The molecule has 0 fully saturated rings. The Balaban J connectivity index is 2.28. The summed E-state index contributed by atoms with van der Waals surface area (Å²) in [5.41, 5.74) is 0.985. The average Bonchev–Trinajstić information content (AvgIpc) is 2.75. The van der Waals surface area contributed by atoms with Gasteiger partial charge in [-0.05, 0) is 47.5 Å². The highest BCUT2D eigenvalue weighted by atomic mass is 79.9. The zero-order valence-corrected chi connectivity index (χ0v) is 13.0. The summed E-state index contributed by atoms with van der Waals surface area (Å²) < 4.78 is 5.74. The van der Waals surface area contributed by atoms with E-state index in [1.807, 2.05) is 25.1 Å². The van der Waals surface area contributed by atoms with Gasteiger partial charge in [0.1, 0.15) is 4.88 Å². The lowest BCUT2D eigenvalue weighted by Crippen LogP contribution is -2.24. The molecule has 0 aliphatic carbocycles. The second-order valence-corrected chi connectivity index (χ2v) is 5.97. The number of hydrogen-bond acceptors (Lipinski definition) is 5. The highest BCUT2D eigenvalue weighted by molar-refractivity contribution is 9.10. The molecule has 1 N–H and O–H groups in total. The van der Waals surface area contributed by atoms with E-state index in [2.05, 4.69) is 15.9 Å². The minimum Gasteiger partial charge on any atom is -0.462 e. The molecule has 0 radical (unpaired) electrons.